The van der Waals surface area contributed by atoms with Crippen LogP contribution in [-0.2, 0) is 0 Å². The minimum atomic E-state index is 0.775. The molecule has 1 fully saturated rings. The zero-order valence-electron chi connectivity index (χ0n) is 15.5. The largest absolute Gasteiger partial charge is 0.302 e. The van der Waals surface area contributed by atoms with E-state index in [0.29, 0.717) is 0 Å². The average molecular weight is 292 g/mol. The third kappa shape index (κ3) is 6.22. The van der Waals surface area contributed by atoms with Crippen molar-refractivity contribution in [3.63, 3.8) is 0 Å². The second-order valence-electron chi connectivity index (χ2n) is 5.05. The predicted molar refractivity (Wildman–Crippen MR) is 97.4 cm³/mol. The summed E-state index contributed by atoms with van der Waals surface area (Å²) in [6.45, 7) is 18.1. The number of fused-ring (bicyclic) bond motifs is 1. The van der Waals surface area contributed by atoms with Gasteiger partial charge < -0.3 is 4.90 Å². The van der Waals surface area contributed by atoms with Gasteiger partial charge in [0.2, 0.25) is 0 Å². The Kier molecular flexibility index (Phi) is 11.3. The van der Waals surface area contributed by atoms with E-state index < -0.39 is 0 Å². The van der Waals surface area contributed by atoms with Gasteiger partial charge in [0.05, 0.1) is 0 Å². The van der Waals surface area contributed by atoms with Crippen molar-refractivity contribution in [1.29, 1.82) is 0 Å². The van der Waals surface area contributed by atoms with Gasteiger partial charge in [-0.2, -0.15) is 0 Å². The molecule has 122 valence electrons. The number of benzene rings is 1. The molecule has 0 spiro atoms. The lowest BCUT2D eigenvalue weighted by Crippen LogP contribution is -2.31. The molecule has 0 N–H and O–H groups in total. The van der Waals surface area contributed by atoms with Crippen LogP contribution >= 0.6 is 0 Å². The Morgan fingerprint density at radius 2 is 1.43 bits per heavy atom. The van der Waals surface area contributed by atoms with Gasteiger partial charge in [-0.1, -0.05) is 71.7 Å². The van der Waals surface area contributed by atoms with E-state index in [1.54, 1.807) is 11.1 Å². The van der Waals surface area contributed by atoms with Crippen LogP contribution in [-0.4, -0.2) is 24.5 Å². The lowest BCUT2D eigenvalue weighted by Gasteiger charge is -2.26. The van der Waals surface area contributed by atoms with Crippen molar-refractivity contribution in [3.05, 3.63) is 34.9 Å². The van der Waals surface area contributed by atoms with Crippen molar-refractivity contribution in [1.82, 2.24) is 4.90 Å². The number of aryl methyl sites for hydroxylation is 1. The molecule has 1 saturated heterocycles. The highest BCUT2D eigenvalue weighted by molar-refractivity contribution is 5.54. The van der Waals surface area contributed by atoms with Gasteiger partial charge in [-0.25, -0.2) is 0 Å². The molecular weight excluding hydrogens is 254 g/mol. The highest BCUT2D eigenvalue weighted by Crippen LogP contribution is 2.44. The SMILES string of the molecule is CC.CC.CC.Cc1ccc2c(c1)[C@H]2CN1CCCCC1. The first-order valence-electron chi connectivity index (χ1n) is 9.17. The van der Waals surface area contributed by atoms with E-state index in [0.717, 1.165) is 5.92 Å². The van der Waals surface area contributed by atoms with Gasteiger partial charge in [0.25, 0.3) is 0 Å². The molecule has 0 radical (unpaired) electrons. The second-order valence-corrected chi connectivity index (χ2v) is 5.05. The van der Waals surface area contributed by atoms with E-state index in [2.05, 4.69) is 30.0 Å². The zero-order chi connectivity index (χ0) is 16.3. The van der Waals surface area contributed by atoms with Crippen molar-refractivity contribution in [2.45, 2.75) is 73.6 Å². The van der Waals surface area contributed by atoms with Crippen LogP contribution in [0.4, 0.5) is 0 Å². The fourth-order valence-electron chi connectivity index (χ4n) is 2.82. The normalized spacial score (nSPS) is 18.7. The lowest BCUT2D eigenvalue weighted by molar-refractivity contribution is 0.229. The third-order valence-corrected chi connectivity index (χ3v) is 3.80. The van der Waals surface area contributed by atoms with Gasteiger partial charge >= 0.3 is 0 Å². The van der Waals surface area contributed by atoms with Crippen LogP contribution in [0, 0.1) is 6.92 Å². The summed E-state index contributed by atoms with van der Waals surface area (Å²) in [7, 11) is 0. The highest BCUT2D eigenvalue weighted by atomic mass is 15.1. The molecule has 1 heterocycles. The van der Waals surface area contributed by atoms with Crippen LogP contribution in [0.1, 0.15) is 83.4 Å². The quantitative estimate of drug-likeness (QED) is 0.645. The van der Waals surface area contributed by atoms with E-state index in [-0.39, 0.29) is 0 Å². The third-order valence-electron chi connectivity index (χ3n) is 3.80. The number of rotatable bonds is 2. The molecule has 1 heteroatoms. The fraction of sp³-hybridized carbons (Fsp3) is 0.700. The van der Waals surface area contributed by atoms with E-state index in [1.165, 1.54) is 44.5 Å². The first kappa shape index (κ1) is 20.2. The van der Waals surface area contributed by atoms with Gasteiger partial charge in [-0.3, -0.25) is 0 Å². The molecule has 3 rings (SSSR count). The monoisotopic (exact) mass is 291 g/mol. The van der Waals surface area contributed by atoms with Gasteiger partial charge in [0, 0.05) is 12.5 Å². The second kappa shape index (κ2) is 11.8. The highest BCUT2D eigenvalue weighted by Gasteiger charge is 2.33. The molecule has 0 saturated carbocycles. The van der Waals surface area contributed by atoms with Gasteiger partial charge in [-0.05, 0) is 44.0 Å². The number of nitrogens with zero attached hydrogens (tertiary/aromatic N) is 1. The summed E-state index contributed by atoms with van der Waals surface area (Å²) in [6.07, 6.45) is 4.25. The maximum Gasteiger partial charge on any atom is 0.0223 e. The van der Waals surface area contributed by atoms with Gasteiger partial charge in [-0.15, -0.1) is 0 Å². The molecule has 0 bridgehead atoms. The Bertz CT molecular complexity index is 364. The Labute approximate surface area is 133 Å². The van der Waals surface area contributed by atoms with E-state index in [1.807, 2.05) is 41.5 Å². The van der Waals surface area contributed by atoms with Crippen molar-refractivity contribution in [2.75, 3.05) is 19.6 Å². The number of piperidine rings is 1. The predicted octanol–water partition coefficient (Wildman–Crippen LogP) is 6.00. The van der Waals surface area contributed by atoms with E-state index in [4.69, 9.17) is 0 Å². The summed E-state index contributed by atoms with van der Waals surface area (Å²) >= 11 is 0. The summed E-state index contributed by atoms with van der Waals surface area (Å²) < 4.78 is 0. The number of hydrogen-bond acceptors (Lipinski definition) is 1. The molecule has 1 nitrogen and oxygen atoms in total. The van der Waals surface area contributed by atoms with Gasteiger partial charge in [0.1, 0.15) is 0 Å². The molecule has 1 aromatic carbocycles. The van der Waals surface area contributed by atoms with Gasteiger partial charge in [0.15, 0.2) is 0 Å². The molecule has 1 atom stereocenters. The van der Waals surface area contributed by atoms with Crippen molar-refractivity contribution in [2.24, 2.45) is 0 Å². The molecule has 2 aliphatic rings. The molecule has 0 amide bonds. The van der Waals surface area contributed by atoms with Crippen LogP contribution < -0.4 is 0 Å². The smallest absolute Gasteiger partial charge is 0.0223 e. The van der Waals surface area contributed by atoms with E-state index >= 15 is 0 Å². The molecule has 1 aromatic rings. The lowest BCUT2D eigenvalue weighted by atomic mass is 10.1. The number of likely N-dealkylation sites (tertiary alicyclic amines) is 1. The van der Waals surface area contributed by atoms with E-state index in [9.17, 15) is 0 Å². The summed E-state index contributed by atoms with van der Waals surface area (Å²) in [5.74, 6) is 0.775. The Hall–Kier alpha value is -0.820. The van der Waals surface area contributed by atoms with Crippen LogP contribution in [0.25, 0.3) is 0 Å². The Morgan fingerprint density at radius 1 is 0.857 bits per heavy atom. The Balaban J connectivity index is 0.000000598. The molecule has 0 unspecified atom stereocenters. The summed E-state index contributed by atoms with van der Waals surface area (Å²) in [5, 5.41) is 0. The van der Waals surface area contributed by atoms with Crippen LogP contribution in [0.5, 0.6) is 0 Å². The molecule has 21 heavy (non-hydrogen) atoms. The molecule has 0 aromatic heterocycles. The maximum absolute atomic E-state index is 2.64. The molecule has 1 aliphatic carbocycles. The minimum Gasteiger partial charge on any atom is -0.302 e. The average Bonchev–Trinajstić information content (AvgIpc) is 3.25. The molecular formula is C20H37N. The van der Waals surface area contributed by atoms with Crippen LogP contribution in [0.15, 0.2) is 18.2 Å². The van der Waals surface area contributed by atoms with Crippen molar-refractivity contribution in [3.8, 4) is 0 Å². The standard InChI is InChI=1S/C14H19N.3C2H6/c1-11-5-6-12-13(9-11)14(12)10-15-7-3-2-4-8-15;3*1-2/h5-6,9,14H,2-4,7-8,10H2,1H3;3*1-2H3/t14-;;;/m0.../s1. The van der Waals surface area contributed by atoms with Crippen LogP contribution in [0.3, 0.4) is 0 Å². The topological polar surface area (TPSA) is 3.24 Å². The fourth-order valence-corrected chi connectivity index (χ4v) is 2.82. The zero-order valence-corrected chi connectivity index (χ0v) is 15.5. The first-order chi connectivity index (χ1) is 10.3. The molecule has 1 aliphatic heterocycles. The van der Waals surface area contributed by atoms with Crippen molar-refractivity contribution >= 4 is 0 Å². The Morgan fingerprint density at radius 3 is 1.95 bits per heavy atom. The van der Waals surface area contributed by atoms with Crippen molar-refractivity contribution < 1.29 is 0 Å². The summed E-state index contributed by atoms with van der Waals surface area (Å²) in [6, 6.07) is 6.93. The minimum absolute atomic E-state index is 0.775. The maximum atomic E-state index is 2.64. The first-order valence-corrected chi connectivity index (χ1v) is 9.17. The summed E-state index contributed by atoms with van der Waals surface area (Å²) in [4.78, 5) is 2.64. The number of hydrogen-bond donors (Lipinski definition) is 0. The summed E-state index contributed by atoms with van der Waals surface area (Å²) in [5.41, 5.74) is 4.63. The van der Waals surface area contributed by atoms with Crippen LogP contribution in [0.2, 0.25) is 0 Å².